The third-order valence-electron chi connectivity index (χ3n) is 1.87. The van der Waals surface area contributed by atoms with Gasteiger partial charge in [-0.25, -0.2) is 4.79 Å². The standard InChI is InChI=1S/C9H10N2O5/c10-9(13)16-5-8(12)6-1-3-7(4-2-6)11(14)15/h1-4,8,12H,5H2,(H2,10,13). The fourth-order valence-electron chi connectivity index (χ4n) is 1.08. The number of nitrogens with zero attached hydrogens (tertiary/aromatic N) is 1. The maximum atomic E-state index is 10.4. The highest BCUT2D eigenvalue weighted by molar-refractivity contribution is 5.64. The number of carbonyl (C=O) groups is 1. The van der Waals surface area contributed by atoms with E-state index < -0.39 is 17.1 Å². The van der Waals surface area contributed by atoms with E-state index in [-0.39, 0.29) is 12.3 Å². The first-order valence-corrected chi connectivity index (χ1v) is 4.35. The van der Waals surface area contributed by atoms with Crippen molar-refractivity contribution in [3.05, 3.63) is 39.9 Å². The van der Waals surface area contributed by atoms with Crippen LogP contribution < -0.4 is 5.73 Å². The molecule has 0 spiro atoms. The Morgan fingerprint density at radius 1 is 1.50 bits per heavy atom. The number of aliphatic hydroxyl groups is 1. The van der Waals surface area contributed by atoms with E-state index in [4.69, 9.17) is 5.73 Å². The lowest BCUT2D eigenvalue weighted by molar-refractivity contribution is -0.384. The fraction of sp³-hybridized carbons (Fsp3) is 0.222. The van der Waals surface area contributed by atoms with E-state index in [2.05, 4.69) is 4.74 Å². The first-order chi connectivity index (χ1) is 7.50. The molecule has 7 heteroatoms. The van der Waals surface area contributed by atoms with Crippen LogP contribution in [0.25, 0.3) is 0 Å². The molecule has 1 aromatic carbocycles. The molecule has 16 heavy (non-hydrogen) atoms. The minimum Gasteiger partial charge on any atom is -0.447 e. The van der Waals surface area contributed by atoms with Crippen LogP contribution in [-0.2, 0) is 4.74 Å². The van der Waals surface area contributed by atoms with Gasteiger partial charge in [-0.15, -0.1) is 0 Å². The lowest BCUT2D eigenvalue weighted by Crippen LogP contribution is -2.17. The first kappa shape index (κ1) is 11.9. The van der Waals surface area contributed by atoms with Gasteiger partial charge in [0.05, 0.1) is 4.92 Å². The Morgan fingerprint density at radius 3 is 2.50 bits per heavy atom. The molecule has 0 saturated heterocycles. The minimum atomic E-state index is -1.05. The van der Waals surface area contributed by atoms with E-state index in [1.807, 2.05) is 0 Å². The molecule has 0 radical (unpaired) electrons. The molecule has 0 aliphatic rings. The van der Waals surface area contributed by atoms with Gasteiger partial charge in [-0.2, -0.15) is 0 Å². The summed E-state index contributed by atoms with van der Waals surface area (Å²) in [5.74, 6) is 0. The first-order valence-electron chi connectivity index (χ1n) is 4.35. The number of hydrogen-bond acceptors (Lipinski definition) is 5. The van der Waals surface area contributed by atoms with Crippen molar-refractivity contribution in [2.24, 2.45) is 5.73 Å². The van der Waals surface area contributed by atoms with Crippen LogP contribution in [0.5, 0.6) is 0 Å². The summed E-state index contributed by atoms with van der Waals surface area (Å²) >= 11 is 0. The summed E-state index contributed by atoms with van der Waals surface area (Å²) in [5, 5.41) is 19.9. The number of hydrogen-bond donors (Lipinski definition) is 2. The summed E-state index contributed by atoms with van der Waals surface area (Å²) in [7, 11) is 0. The molecule has 0 bridgehead atoms. The number of nitro groups is 1. The van der Waals surface area contributed by atoms with E-state index in [0.29, 0.717) is 5.56 Å². The smallest absolute Gasteiger partial charge is 0.404 e. The van der Waals surface area contributed by atoms with Crippen LogP contribution in [0.3, 0.4) is 0 Å². The van der Waals surface area contributed by atoms with Crippen molar-refractivity contribution in [1.29, 1.82) is 0 Å². The molecule has 0 aliphatic heterocycles. The van der Waals surface area contributed by atoms with E-state index in [1.165, 1.54) is 24.3 Å². The van der Waals surface area contributed by atoms with Gasteiger partial charge in [-0.3, -0.25) is 10.1 Å². The Balaban J connectivity index is 2.66. The summed E-state index contributed by atoms with van der Waals surface area (Å²) in [6, 6.07) is 5.27. The largest absolute Gasteiger partial charge is 0.447 e. The van der Waals surface area contributed by atoms with Gasteiger partial charge < -0.3 is 15.6 Å². The number of nitro benzene ring substituents is 1. The number of carbonyl (C=O) groups excluding carboxylic acids is 1. The normalized spacial score (nSPS) is 11.8. The van der Waals surface area contributed by atoms with Crippen LogP contribution in [0, 0.1) is 10.1 Å². The Kier molecular flexibility index (Phi) is 3.78. The van der Waals surface area contributed by atoms with E-state index >= 15 is 0 Å². The Labute approximate surface area is 90.6 Å². The summed E-state index contributed by atoms with van der Waals surface area (Å²) in [5.41, 5.74) is 5.05. The summed E-state index contributed by atoms with van der Waals surface area (Å²) < 4.78 is 4.39. The zero-order valence-corrected chi connectivity index (χ0v) is 8.20. The number of benzene rings is 1. The lowest BCUT2D eigenvalue weighted by Gasteiger charge is -2.09. The highest BCUT2D eigenvalue weighted by Gasteiger charge is 2.11. The maximum Gasteiger partial charge on any atom is 0.404 e. The fourth-order valence-corrected chi connectivity index (χ4v) is 1.08. The Hall–Kier alpha value is -2.15. The predicted molar refractivity (Wildman–Crippen MR) is 53.6 cm³/mol. The van der Waals surface area contributed by atoms with Crippen molar-refractivity contribution in [3.63, 3.8) is 0 Å². The summed E-state index contributed by atoms with van der Waals surface area (Å²) in [6.45, 7) is -0.285. The minimum absolute atomic E-state index is 0.0771. The molecule has 86 valence electrons. The number of aliphatic hydroxyl groups excluding tert-OH is 1. The molecule has 1 rings (SSSR count). The Morgan fingerprint density at radius 2 is 2.06 bits per heavy atom. The zero-order chi connectivity index (χ0) is 12.1. The highest BCUT2D eigenvalue weighted by atomic mass is 16.6. The molecule has 1 aromatic rings. The van der Waals surface area contributed by atoms with Gasteiger partial charge in [0, 0.05) is 12.1 Å². The van der Waals surface area contributed by atoms with E-state index in [1.54, 1.807) is 0 Å². The average Bonchev–Trinajstić information content (AvgIpc) is 2.26. The topological polar surface area (TPSA) is 116 Å². The van der Waals surface area contributed by atoms with E-state index in [9.17, 15) is 20.0 Å². The zero-order valence-electron chi connectivity index (χ0n) is 8.20. The molecule has 3 N–H and O–H groups in total. The van der Waals surface area contributed by atoms with Crippen molar-refractivity contribution in [2.75, 3.05) is 6.61 Å². The number of rotatable bonds is 4. The number of primary amides is 1. The predicted octanol–water partition coefficient (Wildman–Crippen LogP) is 0.724. The summed E-state index contributed by atoms with van der Waals surface area (Å²) in [4.78, 5) is 20.1. The molecule has 1 amide bonds. The van der Waals surface area contributed by atoms with Gasteiger partial charge in [0.1, 0.15) is 12.7 Å². The molecular formula is C9H10N2O5. The Bertz CT molecular complexity index is 389. The van der Waals surface area contributed by atoms with Gasteiger partial charge in [0.2, 0.25) is 0 Å². The van der Waals surface area contributed by atoms with Crippen LogP contribution >= 0.6 is 0 Å². The molecule has 0 aliphatic carbocycles. The molecule has 1 atom stereocenters. The van der Waals surface area contributed by atoms with Crippen LogP contribution in [0.1, 0.15) is 11.7 Å². The van der Waals surface area contributed by atoms with Crippen molar-refractivity contribution in [3.8, 4) is 0 Å². The van der Waals surface area contributed by atoms with Gasteiger partial charge in [-0.05, 0) is 17.7 Å². The second-order valence-corrected chi connectivity index (χ2v) is 2.99. The molecule has 1 unspecified atom stereocenters. The highest BCUT2D eigenvalue weighted by Crippen LogP contribution is 2.17. The lowest BCUT2D eigenvalue weighted by atomic mass is 10.1. The van der Waals surface area contributed by atoms with Crippen LogP contribution in [0.4, 0.5) is 10.5 Å². The maximum absolute atomic E-state index is 10.4. The molecule has 0 fully saturated rings. The molecular weight excluding hydrogens is 216 g/mol. The van der Waals surface area contributed by atoms with E-state index in [0.717, 1.165) is 0 Å². The van der Waals surface area contributed by atoms with Gasteiger partial charge in [0.25, 0.3) is 5.69 Å². The van der Waals surface area contributed by atoms with Crippen molar-refractivity contribution in [1.82, 2.24) is 0 Å². The van der Waals surface area contributed by atoms with Crippen molar-refractivity contribution >= 4 is 11.8 Å². The van der Waals surface area contributed by atoms with Crippen molar-refractivity contribution in [2.45, 2.75) is 6.10 Å². The molecule has 7 nitrogen and oxygen atoms in total. The average molecular weight is 226 g/mol. The quantitative estimate of drug-likeness (QED) is 0.579. The van der Waals surface area contributed by atoms with Crippen LogP contribution in [0.2, 0.25) is 0 Å². The third kappa shape index (κ3) is 3.21. The number of ether oxygens (including phenoxy) is 1. The van der Waals surface area contributed by atoms with Gasteiger partial charge in [-0.1, -0.05) is 0 Å². The third-order valence-corrected chi connectivity index (χ3v) is 1.87. The number of amides is 1. The second kappa shape index (κ2) is 5.08. The van der Waals surface area contributed by atoms with Gasteiger partial charge in [0.15, 0.2) is 0 Å². The molecule has 0 heterocycles. The number of non-ortho nitro benzene ring substituents is 1. The number of nitrogens with two attached hydrogens (primary N) is 1. The SMILES string of the molecule is NC(=O)OCC(O)c1ccc([N+](=O)[O-])cc1. The monoisotopic (exact) mass is 226 g/mol. The van der Waals surface area contributed by atoms with Gasteiger partial charge >= 0.3 is 6.09 Å². The van der Waals surface area contributed by atoms with Crippen LogP contribution in [0.15, 0.2) is 24.3 Å². The second-order valence-electron chi connectivity index (χ2n) is 2.99. The van der Waals surface area contributed by atoms with Crippen LogP contribution in [-0.4, -0.2) is 22.7 Å². The van der Waals surface area contributed by atoms with Crippen molar-refractivity contribution < 1.29 is 19.6 Å². The summed E-state index contributed by atoms with van der Waals surface area (Å²) in [6.07, 6.45) is -2.03. The molecule has 0 saturated carbocycles. The molecule has 0 aromatic heterocycles.